The lowest BCUT2D eigenvalue weighted by Gasteiger charge is -2.14. The average Bonchev–Trinajstić information content (AvgIpc) is 2.83. The molecule has 0 aromatic heterocycles. The Morgan fingerprint density at radius 3 is 2.52 bits per heavy atom. The fourth-order valence-corrected chi connectivity index (χ4v) is 3.60. The first-order valence-electron chi connectivity index (χ1n) is 7.08. The largest absolute Gasteiger partial charge is 0.496 e. The molecule has 0 unspecified atom stereocenters. The van der Waals surface area contributed by atoms with Gasteiger partial charge in [-0.25, -0.2) is 0 Å². The topological polar surface area (TPSA) is 29.5 Å². The van der Waals surface area contributed by atoms with Crippen molar-refractivity contribution in [3.8, 4) is 5.75 Å². The van der Waals surface area contributed by atoms with E-state index in [0.717, 1.165) is 22.6 Å². The zero-order valence-electron chi connectivity index (χ0n) is 12.8. The Morgan fingerprint density at radius 1 is 1.13 bits per heavy atom. The van der Waals surface area contributed by atoms with Crippen molar-refractivity contribution in [2.75, 3.05) is 12.0 Å². The van der Waals surface area contributed by atoms with Crippen LogP contribution >= 0.6 is 24.0 Å². The lowest BCUT2D eigenvalue weighted by atomic mass is 10.1. The number of ether oxygens (including phenoxy) is 1. The van der Waals surface area contributed by atoms with Crippen molar-refractivity contribution < 1.29 is 9.53 Å². The van der Waals surface area contributed by atoms with Crippen LogP contribution in [0.15, 0.2) is 53.4 Å². The van der Waals surface area contributed by atoms with E-state index in [1.54, 1.807) is 12.0 Å². The maximum Gasteiger partial charge on any atom is 0.270 e. The summed E-state index contributed by atoms with van der Waals surface area (Å²) in [5.41, 5.74) is 2.80. The fourth-order valence-electron chi connectivity index (χ4n) is 2.31. The summed E-state index contributed by atoms with van der Waals surface area (Å²) in [5, 5.41) is 0. The minimum absolute atomic E-state index is 0.102. The number of nitrogens with zero attached hydrogens (tertiary/aromatic N) is 1. The SMILES string of the molecule is COc1ccccc1/C=C1\SC(=S)N(c2ccc(C)cc2)C1=O. The first kappa shape index (κ1) is 15.8. The van der Waals surface area contributed by atoms with E-state index in [-0.39, 0.29) is 5.91 Å². The van der Waals surface area contributed by atoms with Crippen molar-refractivity contribution in [1.29, 1.82) is 0 Å². The lowest BCUT2D eigenvalue weighted by molar-refractivity contribution is -0.113. The summed E-state index contributed by atoms with van der Waals surface area (Å²) < 4.78 is 5.87. The van der Waals surface area contributed by atoms with Crippen LogP contribution in [0.1, 0.15) is 11.1 Å². The standard InChI is InChI=1S/C18H15NO2S2/c1-12-7-9-14(10-8-12)19-17(20)16(23-18(19)22)11-13-5-3-4-6-15(13)21-2/h3-11H,1-2H3/b16-11-. The third-order valence-corrected chi connectivity index (χ3v) is 4.81. The normalized spacial score (nSPS) is 16.3. The number of carbonyl (C=O) groups is 1. The number of hydrogen-bond acceptors (Lipinski definition) is 4. The Kier molecular flexibility index (Phi) is 4.50. The van der Waals surface area contributed by atoms with Gasteiger partial charge in [-0.15, -0.1) is 0 Å². The molecule has 1 amide bonds. The van der Waals surface area contributed by atoms with Gasteiger partial charge in [0.1, 0.15) is 5.75 Å². The molecule has 0 saturated carbocycles. The van der Waals surface area contributed by atoms with Gasteiger partial charge in [-0.05, 0) is 31.2 Å². The van der Waals surface area contributed by atoms with E-state index in [2.05, 4.69) is 0 Å². The highest BCUT2D eigenvalue weighted by atomic mass is 32.2. The Hall–Kier alpha value is -2.11. The van der Waals surface area contributed by atoms with Gasteiger partial charge in [0.05, 0.1) is 17.7 Å². The summed E-state index contributed by atoms with van der Waals surface area (Å²) in [5.74, 6) is 0.628. The van der Waals surface area contributed by atoms with E-state index in [0.29, 0.717) is 9.23 Å². The number of benzene rings is 2. The number of methoxy groups -OCH3 is 1. The zero-order chi connectivity index (χ0) is 16.4. The van der Waals surface area contributed by atoms with Gasteiger partial charge >= 0.3 is 0 Å². The first-order chi connectivity index (χ1) is 11.1. The quantitative estimate of drug-likeness (QED) is 0.611. The number of anilines is 1. The number of hydrogen-bond donors (Lipinski definition) is 0. The number of rotatable bonds is 3. The van der Waals surface area contributed by atoms with Crippen molar-refractivity contribution in [1.82, 2.24) is 0 Å². The molecule has 5 heteroatoms. The second-order valence-corrected chi connectivity index (χ2v) is 6.77. The average molecular weight is 341 g/mol. The van der Waals surface area contributed by atoms with Gasteiger partial charge in [-0.1, -0.05) is 59.9 Å². The summed E-state index contributed by atoms with van der Waals surface area (Å²) in [4.78, 5) is 14.9. The van der Waals surface area contributed by atoms with Crippen molar-refractivity contribution in [3.05, 3.63) is 64.6 Å². The monoisotopic (exact) mass is 341 g/mol. The first-order valence-corrected chi connectivity index (χ1v) is 8.30. The number of amides is 1. The number of thioether (sulfide) groups is 1. The molecule has 2 aromatic carbocycles. The summed E-state index contributed by atoms with van der Waals surface area (Å²) in [6.07, 6.45) is 1.83. The van der Waals surface area contributed by atoms with Crippen LogP contribution in [-0.4, -0.2) is 17.3 Å². The Labute approximate surface area is 144 Å². The number of carbonyl (C=O) groups excluding carboxylic acids is 1. The molecule has 1 saturated heterocycles. The van der Waals surface area contributed by atoms with Crippen LogP contribution in [0, 0.1) is 6.92 Å². The van der Waals surface area contributed by atoms with Crippen molar-refractivity contribution in [2.24, 2.45) is 0 Å². The highest BCUT2D eigenvalue weighted by Crippen LogP contribution is 2.37. The molecule has 3 nitrogen and oxygen atoms in total. The van der Waals surface area contributed by atoms with Gasteiger partial charge in [-0.3, -0.25) is 9.69 Å². The van der Waals surface area contributed by atoms with Crippen LogP contribution in [0.25, 0.3) is 6.08 Å². The molecule has 0 spiro atoms. The molecule has 1 aliphatic heterocycles. The second kappa shape index (κ2) is 6.56. The summed E-state index contributed by atoms with van der Waals surface area (Å²) >= 11 is 6.69. The molecule has 1 heterocycles. The van der Waals surface area contributed by atoms with Crippen LogP contribution in [0.5, 0.6) is 5.75 Å². The Bertz CT molecular complexity index is 797. The Balaban J connectivity index is 1.95. The van der Waals surface area contributed by atoms with Crippen molar-refractivity contribution in [3.63, 3.8) is 0 Å². The number of aryl methyl sites for hydroxylation is 1. The minimum atomic E-state index is -0.102. The third-order valence-electron chi connectivity index (χ3n) is 3.51. The van der Waals surface area contributed by atoms with Crippen molar-refractivity contribution >= 4 is 46.0 Å². The number of thiocarbonyl (C=S) groups is 1. The van der Waals surface area contributed by atoms with E-state index in [1.807, 2.05) is 61.5 Å². The van der Waals surface area contributed by atoms with Crippen LogP contribution in [0.3, 0.4) is 0 Å². The Morgan fingerprint density at radius 2 is 1.83 bits per heavy atom. The molecule has 0 atom stereocenters. The van der Waals surface area contributed by atoms with Gasteiger partial charge in [-0.2, -0.15) is 0 Å². The maximum absolute atomic E-state index is 12.7. The van der Waals surface area contributed by atoms with Gasteiger partial charge in [0, 0.05) is 5.56 Å². The van der Waals surface area contributed by atoms with Gasteiger partial charge in [0.2, 0.25) is 0 Å². The highest BCUT2D eigenvalue weighted by molar-refractivity contribution is 8.27. The minimum Gasteiger partial charge on any atom is -0.496 e. The van der Waals surface area contributed by atoms with E-state index in [1.165, 1.54) is 11.8 Å². The van der Waals surface area contributed by atoms with Gasteiger partial charge in [0.15, 0.2) is 4.32 Å². The number of para-hydroxylation sites is 1. The molecule has 0 aliphatic carbocycles. The van der Waals surface area contributed by atoms with Gasteiger partial charge < -0.3 is 4.74 Å². The molecule has 23 heavy (non-hydrogen) atoms. The molecule has 2 aromatic rings. The molecule has 0 radical (unpaired) electrons. The fraction of sp³-hybridized carbons (Fsp3) is 0.111. The summed E-state index contributed by atoms with van der Waals surface area (Å²) in [6, 6.07) is 15.3. The molecule has 1 fully saturated rings. The molecule has 3 rings (SSSR count). The molecular formula is C18H15NO2S2. The molecular weight excluding hydrogens is 326 g/mol. The van der Waals surface area contributed by atoms with Crippen LogP contribution < -0.4 is 9.64 Å². The van der Waals surface area contributed by atoms with E-state index in [9.17, 15) is 4.79 Å². The lowest BCUT2D eigenvalue weighted by Crippen LogP contribution is -2.27. The maximum atomic E-state index is 12.7. The third kappa shape index (κ3) is 3.16. The molecule has 1 aliphatic rings. The molecule has 0 bridgehead atoms. The predicted molar refractivity (Wildman–Crippen MR) is 99.8 cm³/mol. The van der Waals surface area contributed by atoms with E-state index in [4.69, 9.17) is 17.0 Å². The summed E-state index contributed by atoms with van der Waals surface area (Å²) in [6.45, 7) is 2.01. The predicted octanol–water partition coefficient (Wildman–Crippen LogP) is 4.41. The zero-order valence-corrected chi connectivity index (χ0v) is 14.4. The highest BCUT2D eigenvalue weighted by Gasteiger charge is 2.33. The van der Waals surface area contributed by atoms with Crippen LogP contribution in [0.2, 0.25) is 0 Å². The molecule has 116 valence electrons. The van der Waals surface area contributed by atoms with E-state index >= 15 is 0 Å². The molecule has 0 N–H and O–H groups in total. The van der Waals surface area contributed by atoms with Crippen LogP contribution in [0.4, 0.5) is 5.69 Å². The van der Waals surface area contributed by atoms with Crippen molar-refractivity contribution in [2.45, 2.75) is 6.92 Å². The van der Waals surface area contributed by atoms with Gasteiger partial charge in [0.25, 0.3) is 5.91 Å². The van der Waals surface area contributed by atoms with Crippen LogP contribution in [-0.2, 0) is 4.79 Å². The second-order valence-electron chi connectivity index (χ2n) is 5.09. The van der Waals surface area contributed by atoms with E-state index < -0.39 is 0 Å². The summed E-state index contributed by atoms with van der Waals surface area (Å²) in [7, 11) is 1.62. The smallest absolute Gasteiger partial charge is 0.270 e.